The molecule has 1 heteroatoms. The molecule has 88 valence electrons. The number of quaternary nitrogens is 1. The molecular weight excluding hydrogens is 182 g/mol. The monoisotopic (exact) mass is 210 g/mol. The van der Waals surface area contributed by atoms with Crippen LogP contribution in [-0.4, -0.2) is 28.1 Å². The Morgan fingerprint density at radius 2 is 1.80 bits per heavy atom. The van der Waals surface area contributed by atoms with E-state index in [-0.39, 0.29) is 0 Å². The van der Waals surface area contributed by atoms with Crippen LogP contribution in [0.4, 0.5) is 0 Å². The van der Waals surface area contributed by atoms with Crippen LogP contribution in [0.25, 0.3) is 0 Å². The summed E-state index contributed by atoms with van der Waals surface area (Å²) in [5.74, 6) is 1.68. The second-order valence-electron chi connectivity index (χ2n) is 7.20. The summed E-state index contributed by atoms with van der Waals surface area (Å²) in [7, 11) is 0. The lowest BCUT2D eigenvalue weighted by molar-refractivity contribution is -1.12. The number of fused-ring (bicyclic) bond motifs is 1. The average Bonchev–Trinajstić information content (AvgIpc) is 2.00. The number of piperidine rings is 1. The highest BCUT2D eigenvalue weighted by atomic mass is 15.6. The predicted octanol–water partition coefficient (Wildman–Crippen LogP) is 3.44. The van der Waals surface area contributed by atoms with Crippen molar-refractivity contribution in [2.75, 3.05) is 6.54 Å². The van der Waals surface area contributed by atoms with Crippen LogP contribution in [0.2, 0.25) is 0 Å². The summed E-state index contributed by atoms with van der Waals surface area (Å²) in [6, 6.07) is 0.956. The molecular formula is C14H28N+. The zero-order chi connectivity index (χ0) is 11.6. The van der Waals surface area contributed by atoms with Crippen molar-refractivity contribution in [3.63, 3.8) is 0 Å². The minimum absolute atomic E-state index is 0.443. The predicted molar refractivity (Wildman–Crippen MR) is 65.7 cm³/mol. The highest BCUT2D eigenvalue weighted by Gasteiger charge is 2.76. The molecule has 0 amide bonds. The summed E-state index contributed by atoms with van der Waals surface area (Å²) in [6.45, 7) is 18.6. The molecule has 15 heavy (non-hydrogen) atoms. The number of nitrogens with zero attached hydrogens (tertiary/aromatic N) is 1. The van der Waals surface area contributed by atoms with E-state index < -0.39 is 0 Å². The second kappa shape index (κ2) is 2.80. The van der Waals surface area contributed by atoms with Gasteiger partial charge in [0, 0.05) is 12.3 Å². The molecule has 3 unspecified atom stereocenters. The summed E-state index contributed by atoms with van der Waals surface area (Å²) in [5, 5.41) is 0. The van der Waals surface area contributed by atoms with Crippen LogP contribution in [0.1, 0.15) is 54.9 Å². The van der Waals surface area contributed by atoms with Crippen LogP contribution in [0.15, 0.2) is 0 Å². The third-order valence-corrected chi connectivity index (χ3v) is 6.50. The van der Waals surface area contributed by atoms with Gasteiger partial charge in [0.1, 0.15) is 11.6 Å². The van der Waals surface area contributed by atoms with Crippen molar-refractivity contribution in [1.29, 1.82) is 0 Å². The number of hydrogen-bond acceptors (Lipinski definition) is 0. The third-order valence-electron chi connectivity index (χ3n) is 6.50. The Balaban J connectivity index is 2.36. The zero-order valence-corrected chi connectivity index (χ0v) is 11.6. The molecule has 2 fully saturated rings. The summed E-state index contributed by atoms with van der Waals surface area (Å²) in [4.78, 5) is 0. The quantitative estimate of drug-likeness (QED) is 0.613. The molecule has 0 aromatic carbocycles. The molecule has 2 aliphatic heterocycles. The standard InChI is InChI=1S/C14H28N/c1-10(2)13(4,5)15-9-8-12(15)11(3)14(15,6)7/h10-12H,8-9H2,1-7H3/q+1. The first-order valence-electron chi connectivity index (χ1n) is 6.57. The van der Waals surface area contributed by atoms with E-state index in [1.165, 1.54) is 17.4 Å². The van der Waals surface area contributed by atoms with Gasteiger partial charge >= 0.3 is 0 Å². The van der Waals surface area contributed by atoms with Crippen molar-refractivity contribution < 1.29 is 4.48 Å². The Bertz CT molecular complexity index is 277. The van der Waals surface area contributed by atoms with E-state index in [0.29, 0.717) is 11.1 Å². The molecule has 2 heterocycles. The van der Waals surface area contributed by atoms with Crippen molar-refractivity contribution in [1.82, 2.24) is 0 Å². The molecule has 0 radical (unpaired) electrons. The van der Waals surface area contributed by atoms with Crippen molar-refractivity contribution in [3.8, 4) is 0 Å². The van der Waals surface area contributed by atoms with Gasteiger partial charge in [-0.15, -0.1) is 0 Å². The maximum absolute atomic E-state index is 2.48. The van der Waals surface area contributed by atoms with Gasteiger partial charge in [-0.1, -0.05) is 20.8 Å². The fraction of sp³-hybridized carbons (Fsp3) is 1.00. The fourth-order valence-corrected chi connectivity index (χ4v) is 4.55. The Labute approximate surface area is 95.4 Å². The molecule has 0 N–H and O–H groups in total. The SMILES string of the molecule is CC(C)C(C)(C)[N+]12CCC1C(C)C2(C)C. The van der Waals surface area contributed by atoms with E-state index >= 15 is 0 Å². The van der Waals surface area contributed by atoms with Gasteiger partial charge in [0.2, 0.25) is 0 Å². The van der Waals surface area contributed by atoms with Crippen LogP contribution in [0.5, 0.6) is 0 Å². The van der Waals surface area contributed by atoms with Crippen molar-refractivity contribution >= 4 is 0 Å². The molecule has 0 saturated carbocycles. The largest absolute Gasteiger partial charge is 0.311 e. The van der Waals surface area contributed by atoms with Crippen LogP contribution in [0.3, 0.4) is 0 Å². The van der Waals surface area contributed by atoms with E-state index in [9.17, 15) is 0 Å². The molecule has 0 aliphatic carbocycles. The fourth-order valence-electron chi connectivity index (χ4n) is 4.55. The molecule has 0 aromatic heterocycles. The van der Waals surface area contributed by atoms with Crippen LogP contribution in [0, 0.1) is 11.8 Å². The molecule has 0 bridgehead atoms. The number of hydrogen-bond donors (Lipinski definition) is 0. The Kier molecular flexibility index (Phi) is 2.13. The molecule has 2 saturated heterocycles. The van der Waals surface area contributed by atoms with Crippen LogP contribution in [-0.2, 0) is 0 Å². The maximum Gasteiger partial charge on any atom is 0.104 e. The summed E-state index contributed by atoms with van der Waals surface area (Å²) >= 11 is 0. The van der Waals surface area contributed by atoms with Gasteiger partial charge in [-0.25, -0.2) is 0 Å². The smallest absolute Gasteiger partial charge is 0.104 e. The Hall–Kier alpha value is -0.0400. The van der Waals surface area contributed by atoms with Gasteiger partial charge < -0.3 is 4.48 Å². The average molecular weight is 210 g/mol. The van der Waals surface area contributed by atoms with Crippen molar-refractivity contribution in [2.45, 2.75) is 72.0 Å². The topological polar surface area (TPSA) is 0 Å². The summed E-state index contributed by atoms with van der Waals surface area (Å²) < 4.78 is 1.39. The highest BCUT2D eigenvalue weighted by Crippen LogP contribution is 2.62. The van der Waals surface area contributed by atoms with E-state index in [2.05, 4.69) is 48.5 Å². The maximum atomic E-state index is 2.48. The van der Waals surface area contributed by atoms with Gasteiger partial charge in [0.05, 0.1) is 18.0 Å². The minimum atomic E-state index is 0.443. The molecule has 3 atom stereocenters. The van der Waals surface area contributed by atoms with E-state index in [1.54, 1.807) is 0 Å². The van der Waals surface area contributed by atoms with E-state index in [4.69, 9.17) is 0 Å². The Morgan fingerprint density at radius 3 is 2.07 bits per heavy atom. The van der Waals surface area contributed by atoms with Crippen molar-refractivity contribution in [2.24, 2.45) is 11.8 Å². The van der Waals surface area contributed by atoms with Gasteiger partial charge in [0.25, 0.3) is 0 Å². The van der Waals surface area contributed by atoms with E-state index in [1.807, 2.05) is 0 Å². The lowest BCUT2D eigenvalue weighted by Crippen LogP contribution is -2.93. The molecule has 2 aliphatic rings. The van der Waals surface area contributed by atoms with Gasteiger partial charge in [-0.3, -0.25) is 0 Å². The van der Waals surface area contributed by atoms with Gasteiger partial charge in [-0.2, -0.15) is 0 Å². The van der Waals surface area contributed by atoms with Crippen molar-refractivity contribution in [3.05, 3.63) is 0 Å². The number of rotatable bonds is 2. The van der Waals surface area contributed by atoms with Gasteiger partial charge in [0.15, 0.2) is 0 Å². The lowest BCUT2D eigenvalue weighted by atomic mass is 9.56. The first kappa shape index (κ1) is 11.4. The molecule has 0 aromatic rings. The lowest BCUT2D eigenvalue weighted by Gasteiger charge is -2.79. The van der Waals surface area contributed by atoms with E-state index in [0.717, 1.165) is 17.9 Å². The van der Waals surface area contributed by atoms with Gasteiger partial charge in [-0.05, 0) is 27.7 Å². The highest BCUT2D eigenvalue weighted by molar-refractivity contribution is 5.04. The van der Waals surface area contributed by atoms with Crippen LogP contribution >= 0.6 is 0 Å². The second-order valence-corrected chi connectivity index (χ2v) is 7.20. The Morgan fingerprint density at radius 1 is 1.27 bits per heavy atom. The normalized spacial score (nSPS) is 43.2. The van der Waals surface area contributed by atoms with Crippen LogP contribution < -0.4 is 0 Å². The molecule has 1 nitrogen and oxygen atoms in total. The molecule has 0 spiro atoms. The minimum Gasteiger partial charge on any atom is -0.311 e. The first-order chi connectivity index (χ1) is 6.69. The summed E-state index contributed by atoms with van der Waals surface area (Å²) in [5.41, 5.74) is 0.940. The molecule has 2 rings (SSSR count). The third kappa shape index (κ3) is 0.945. The first-order valence-corrected chi connectivity index (χ1v) is 6.57. The summed E-state index contributed by atoms with van der Waals surface area (Å²) in [6.07, 6.45) is 1.46. The zero-order valence-electron chi connectivity index (χ0n) is 11.6.